The normalized spacial score (nSPS) is 16.6. The van der Waals surface area contributed by atoms with Gasteiger partial charge in [-0.25, -0.2) is 0 Å². The lowest BCUT2D eigenvalue weighted by Crippen LogP contribution is -2.23. The van der Waals surface area contributed by atoms with Gasteiger partial charge in [0.15, 0.2) is 5.69 Å². The van der Waals surface area contributed by atoms with Crippen LogP contribution in [0.3, 0.4) is 0 Å². The fourth-order valence-corrected chi connectivity index (χ4v) is 3.62. The fourth-order valence-electron chi connectivity index (χ4n) is 3.62. The summed E-state index contributed by atoms with van der Waals surface area (Å²) in [5, 5.41) is 14.6. The quantitative estimate of drug-likeness (QED) is 0.743. The number of aromatic nitrogens is 5. The lowest BCUT2D eigenvalue weighted by Gasteiger charge is -2.28. The zero-order chi connectivity index (χ0) is 19.0. The highest BCUT2D eigenvalue weighted by atomic mass is 16.2. The number of nitrogens with one attached hydrogen (secondary N) is 2. The summed E-state index contributed by atoms with van der Waals surface area (Å²) < 4.78 is 1.81. The largest absolute Gasteiger partial charge is 0.318 e. The zero-order valence-electron chi connectivity index (χ0n) is 15.9. The van der Waals surface area contributed by atoms with Crippen molar-refractivity contribution >= 4 is 11.6 Å². The molecule has 1 atom stereocenters. The van der Waals surface area contributed by atoms with Gasteiger partial charge in [-0.3, -0.25) is 19.6 Å². The van der Waals surface area contributed by atoms with Gasteiger partial charge in [-0.15, -0.1) is 0 Å². The van der Waals surface area contributed by atoms with Crippen LogP contribution < -0.4 is 5.32 Å². The van der Waals surface area contributed by atoms with Gasteiger partial charge >= 0.3 is 0 Å². The minimum absolute atomic E-state index is 0.0322. The van der Waals surface area contributed by atoms with Crippen LogP contribution in [0.4, 0.5) is 5.69 Å². The van der Waals surface area contributed by atoms with Gasteiger partial charge in [0.2, 0.25) is 0 Å². The molecule has 7 heteroatoms. The Morgan fingerprint density at radius 3 is 3.00 bits per heavy atom. The molecule has 1 unspecified atom stereocenters. The van der Waals surface area contributed by atoms with Crippen LogP contribution in [0, 0.1) is 5.41 Å². The first-order valence-electron chi connectivity index (χ1n) is 9.24. The Kier molecular flexibility index (Phi) is 4.30. The summed E-state index contributed by atoms with van der Waals surface area (Å²) in [5.74, 6) is -0.194. The SMILES string of the molecule is CC(c1cccnc1)n1cc(NC(=O)c2n[nH]c3c2CCC(C)(C)C3)cn1. The van der Waals surface area contributed by atoms with E-state index in [-0.39, 0.29) is 17.4 Å². The molecule has 0 radical (unpaired) electrons. The number of anilines is 1. The van der Waals surface area contributed by atoms with Crippen LogP contribution >= 0.6 is 0 Å². The molecule has 2 N–H and O–H groups in total. The zero-order valence-corrected chi connectivity index (χ0v) is 15.9. The topological polar surface area (TPSA) is 88.5 Å². The first-order chi connectivity index (χ1) is 12.9. The summed E-state index contributed by atoms with van der Waals surface area (Å²) in [5.41, 5.74) is 4.58. The van der Waals surface area contributed by atoms with Gasteiger partial charge in [-0.1, -0.05) is 19.9 Å². The molecule has 3 aromatic rings. The maximum absolute atomic E-state index is 12.7. The van der Waals surface area contributed by atoms with Gasteiger partial charge in [0, 0.05) is 29.8 Å². The number of carbonyl (C=O) groups is 1. The van der Waals surface area contributed by atoms with E-state index in [1.807, 2.05) is 36.1 Å². The van der Waals surface area contributed by atoms with Crippen molar-refractivity contribution in [1.82, 2.24) is 25.0 Å². The van der Waals surface area contributed by atoms with Crippen molar-refractivity contribution in [3.05, 3.63) is 59.4 Å². The molecule has 1 aliphatic rings. The van der Waals surface area contributed by atoms with Crippen LogP contribution in [0.25, 0.3) is 0 Å². The van der Waals surface area contributed by atoms with E-state index in [4.69, 9.17) is 0 Å². The molecule has 0 saturated heterocycles. The summed E-state index contributed by atoms with van der Waals surface area (Å²) in [4.78, 5) is 16.9. The number of pyridine rings is 1. The van der Waals surface area contributed by atoms with E-state index < -0.39 is 0 Å². The molecule has 0 saturated carbocycles. The molecule has 0 aromatic carbocycles. The first-order valence-corrected chi connectivity index (χ1v) is 9.24. The first kappa shape index (κ1) is 17.5. The lowest BCUT2D eigenvalue weighted by atomic mass is 9.76. The predicted octanol–water partition coefficient (Wildman–Crippen LogP) is 3.38. The number of aromatic amines is 1. The second-order valence-corrected chi connectivity index (χ2v) is 8.00. The molecule has 3 heterocycles. The summed E-state index contributed by atoms with van der Waals surface area (Å²) in [7, 11) is 0. The molecular weight excluding hydrogens is 340 g/mol. The summed E-state index contributed by atoms with van der Waals surface area (Å²) in [6.07, 6.45) is 9.91. The molecule has 0 bridgehead atoms. The van der Waals surface area contributed by atoms with Gasteiger partial charge in [0.25, 0.3) is 5.91 Å². The average molecular weight is 364 g/mol. The third kappa shape index (κ3) is 3.49. The molecule has 0 aliphatic heterocycles. The van der Waals surface area contributed by atoms with Gasteiger partial charge < -0.3 is 5.32 Å². The second-order valence-electron chi connectivity index (χ2n) is 8.00. The molecule has 4 rings (SSSR count). The molecule has 7 nitrogen and oxygen atoms in total. The predicted molar refractivity (Wildman–Crippen MR) is 103 cm³/mol. The van der Waals surface area contributed by atoms with Gasteiger partial charge in [0.1, 0.15) is 0 Å². The Morgan fingerprint density at radius 1 is 1.37 bits per heavy atom. The lowest BCUT2D eigenvalue weighted by molar-refractivity contribution is 0.102. The summed E-state index contributed by atoms with van der Waals surface area (Å²) in [6.45, 7) is 6.53. The second kappa shape index (κ2) is 6.64. The number of amides is 1. The van der Waals surface area contributed by atoms with Crippen molar-refractivity contribution in [2.75, 3.05) is 5.32 Å². The van der Waals surface area contributed by atoms with Gasteiger partial charge in [-0.2, -0.15) is 10.2 Å². The van der Waals surface area contributed by atoms with Crippen LogP contribution in [0.5, 0.6) is 0 Å². The molecular formula is C20H24N6O. The van der Waals surface area contributed by atoms with Crippen molar-refractivity contribution in [3.63, 3.8) is 0 Å². The Labute approximate surface area is 158 Å². The van der Waals surface area contributed by atoms with Crippen molar-refractivity contribution in [1.29, 1.82) is 0 Å². The van der Waals surface area contributed by atoms with Crippen molar-refractivity contribution in [3.8, 4) is 0 Å². The minimum atomic E-state index is -0.194. The van der Waals surface area contributed by atoms with E-state index in [1.54, 1.807) is 12.4 Å². The van der Waals surface area contributed by atoms with Gasteiger partial charge in [-0.05, 0) is 43.2 Å². The number of hydrogen-bond acceptors (Lipinski definition) is 4. The van der Waals surface area contributed by atoms with E-state index in [9.17, 15) is 4.79 Å². The average Bonchev–Trinajstić information content (AvgIpc) is 3.27. The number of fused-ring (bicyclic) bond motifs is 1. The maximum Gasteiger partial charge on any atom is 0.276 e. The molecule has 0 fully saturated rings. The van der Waals surface area contributed by atoms with E-state index in [1.165, 1.54) is 0 Å². The standard InChI is InChI=1S/C20H24N6O/c1-13(14-5-4-8-21-10-14)26-12-15(11-22-26)23-19(27)18-16-6-7-20(2,3)9-17(16)24-25-18/h4-5,8,10-13H,6-7,9H2,1-3H3,(H,23,27)(H,24,25). The number of carbonyl (C=O) groups excluding carboxylic acids is 1. The Balaban J connectivity index is 1.49. The molecule has 3 aromatic heterocycles. The van der Waals surface area contributed by atoms with Crippen molar-refractivity contribution < 1.29 is 4.79 Å². The maximum atomic E-state index is 12.7. The molecule has 0 spiro atoms. The summed E-state index contributed by atoms with van der Waals surface area (Å²) >= 11 is 0. The van der Waals surface area contributed by atoms with Crippen molar-refractivity contribution in [2.24, 2.45) is 5.41 Å². The van der Waals surface area contributed by atoms with E-state index in [2.05, 4.69) is 39.4 Å². The third-order valence-electron chi connectivity index (χ3n) is 5.30. The highest BCUT2D eigenvalue weighted by Gasteiger charge is 2.30. The van der Waals surface area contributed by atoms with Crippen LogP contribution in [0.1, 0.15) is 60.5 Å². The fraction of sp³-hybridized carbons (Fsp3) is 0.400. The number of rotatable bonds is 4. The van der Waals surface area contributed by atoms with E-state index in [0.717, 1.165) is 36.1 Å². The minimum Gasteiger partial charge on any atom is -0.318 e. The highest BCUT2D eigenvalue weighted by Crippen LogP contribution is 2.35. The van der Waals surface area contributed by atoms with Crippen molar-refractivity contribution in [2.45, 2.75) is 46.1 Å². The molecule has 1 amide bonds. The van der Waals surface area contributed by atoms with Crippen LogP contribution in [0.15, 0.2) is 36.9 Å². The molecule has 27 heavy (non-hydrogen) atoms. The number of H-pyrrole nitrogens is 1. The Morgan fingerprint density at radius 2 is 2.22 bits per heavy atom. The Bertz CT molecular complexity index is 956. The molecule has 140 valence electrons. The van der Waals surface area contributed by atoms with Gasteiger partial charge in [0.05, 0.1) is 17.9 Å². The summed E-state index contributed by atoms with van der Waals surface area (Å²) in [6, 6.07) is 3.94. The molecule has 1 aliphatic carbocycles. The third-order valence-corrected chi connectivity index (χ3v) is 5.30. The van der Waals surface area contributed by atoms with Crippen LogP contribution in [-0.2, 0) is 12.8 Å². The van der Waals surface area contributed by atoms with Crippen LogP contribution in [0.2, 0.25) is 0 Å². The smallest absolute Gasteiger partial charge is 0.276 e. The number of nitrogens with zero attached hydrogens (tertiary/aromatic N) is 4. The van der Waals surface area contributed by atoms with E-state index >= 15 is 0 Å². The monoisotopic (exact) mass is 364 g/mol. The number of hydrogen-bond donors (Lipinski definition) is 2. The Hall–Kier alpha value is -2.96. The van der Waals surface area contributed by atoms with Crippen LogP contribution in [-0.4, -0.2) is 30.9 Å². The highest BCUT2D eigenvalue weighted by molar-refractivity contribution is 6.03. The van der Waals surface area contributed by atoms with E-state index in [0.29, 0.717) is 11.4 Å².